The molecule has 0 bridgehead atoms. The van der Waals surface area contributed by atoms with Crippen molar-refractivity contribution in [3.8, 4) is 0 Å². The van der Waals surface area contributed by atoms with E-state index in [2.05, 4.69) is 38.2 Å². The first kappa shape index (κ1) is 9.92. The van der Waals surface area contributed by atoms with E-state index in [1.54, 1.807) is 0 Å². The van der Waals surface area contributed by atoms with Gasteiger partial charge in [-0.2, -0.15) is 0 Å². The maximum Gasteiger partial charge on any atom is 0.0297 e. The van der Waals surface area contributed by atoms with Crippen LogP contribution in [0, 0.1) is 0 Å². The lowest BCUT2D eigenvalue weighted by atomic mass is 9.98. The van der Waals surface area contributed by atoms with Crippen molar-refractivity contribution in [1.29, 1.82) is 0 Å². The van der Waals surface area contributed by atoms with Crippen molar-refractivity contribution >= 4 is 0 Å². The van der Waals surface area contributed by atoms with Gasteiger partial charge in [-0.15, -0.1) is 0 Å². The van der Waals surface area contributed by atoms with Gasteiger partial charge in [0.2, 0.25) is 0 Å². The molecule has 0 fully saturated rings. The fourth-order valence-electron chi connectivity index (χ4n) is 0.980. The molecule has 0 radical (unpaired) electrons. The summed E-state index contributed by atoms with van der Waals surface area (Å²) < 4.78 is 0. The van der Waals surface area contributed by atoms with Crippen molar-refractivity contribution in [2.75, 3.05) is 27.7 Å². The Morgan fingerprint density at radius 3 is 2.00 bits per heavy atom. The van der Waals surface area contributed by atoms with Gasteiger partial charge in [0.15, 0.2) is 0 Å². The number of nitrogens with one attached hydrogen (secondary N) is 1. The smallest absolute Gasteiger partial charge is 0.0297 e. The van der Waals surface area contributed by atoms with Crippen molar-refractivity contribution in [3.63, 3.8) is 0 Å². The van der Waals surface area contributed by atoms with E-state index in [0.29, 0.717) is 5.54 Å². The lowest BCUT2D eigenvalue weighted by molar-refractivity contribution is 0.166. The van der Waals surface area contributed by atoms with Crippen molar-refractivity contribution in [1.82, 2.24) is 10.2 Å². The number of likely N-dealkylation sites (N-methyl/N-ethyl adjacent to an activating group) is 2. The van der Waals surface area contributed by atoms with E-state index in [4.69, 9.17) is 0 Å². The van der Waals surface area contributed by atoms with Crippen LogP contribution in [0.3, 0.4) is 0 Å². The summed E-state index contributed by atoms with van der Waals surface area (Å²) in [5, 5.41) is 3.20. The molecule has 0 heterocycles. The molecule has 0 aliphatic carbocycles. The molecule has 1 unspecified atom stereocenters. The van der Waals surface area contributed by atoms with E-state index < -0.39 is 0 Å². The molecule has 0 aliphatic heterocycles. The Labute approximate surface area is 64.6 Å². The molecule has 2 heteroatoms. The molecular weight excluding hydrogens is 124 g/mol. The molecule has 0 aliphatic rings. The van der Waals surface area contributed by atoms with Crippen molar-refractivity contribution in [3.05, 3.63) is 0 Å². The molecule has 1 atom stereocenters. The minimum Gasteiger partial charge on any atom is -0.318 e. The SMILES string of the molecule is CCC(C)(CNC)N(C)C. The molecule has 0 saturated heterocycles. The van der Waals surface area contributed by atoms with Gasteiger partial charge < -0.3 is 10.2 Å². The lowest BCUT2D eigenvalue weighted by Crippen LogP contribution is -2.47. The fraction of sp³-hybridized carbons (Fsp3) is 1.00. The van der Waals surface area contributed by atoms with Gasteiger partial charge in [-0.25, -0.2) is 0 Å². The second-order valence-electron chi connectivity index (χ2n) is 3.28. The molecule has 10 heavy (non-hydrogen) atoms. The number of hydrogen-bond donors (Lipinski definition) is 1. The zero-order valence-electron chi connectivity index (χ0n) is 7.86. The van der Waals surface area contributed by atoms with E-state index in [1.165, 1.54) is 6.42 Å². The van der Waals surface area contributed by atoms with Gasteiger partial charge in [0.1, 0.15) is 0 Å². The number of nitrogens with zero attached hydrogens (tertiary/aromatic N) is 1. The van der Waals surface area contributed by atoms with Crippen LogP contribution in [0.5, 0.6) is 0 Å². The van der Waals surface area contributed by atoms with Gasteiger partial charge in [0, 0.05) is 12.1 Å². The quantitative estimate of drug-likeness (QED) is 0.631. The Bertz CT molecular complexity index is 91.3. The Hall–Kier alpha value is -0.0800. The first-order valence-corrected chi connectivity index (χ1v) is 3.89. The molecule has 2 nitrogen and oxygen atoms in total. The van der Waals surface area contributed by atoms with Crippen LogP contribution in [0.25, 0.3) is 0 Å². The second-order valence-corrected chi connectivity index (χ2v) is 3.28. The summed E-state index contributed by atoms with van der Waals surface area (Å²) in [5.74, 6) is 0. The topological polar surface area (TPSA) is 15.3 Å². The van der Waals surface area contributed by atoms with E-state index in [1.807, 2.05) is 7.05 Å². The van der Waals surface area contributed by atoms with E-state index in [9.17, 15) is 0 Å². The largest absolute Gasteiger partial charge is 0.318 e. The molecule has 0 amide bonds. The summed E-state index contributed by atoms with van der Waals surface area (Å²) >= 11 is 0. The van der Waals surface area contributed by atoms with E-state index in [0.717, 1.165) is 6.54 Å². The third-order valence-corrected chi connectivity index (χ3v) is 2.40. The Morgan fingerprint density at radius 2 is 1.90 bits per heavy atom. The average Bonchev–Trinajstić information content (AvgIpc) is 1.88. The molecule has 0 spiro atoms. The lowest BCUT2D eigenvalue weighted by Gasteiger charge is -2.35. The van der Waals surface area contributed by atoms with Crippen molar-refractivity contribution in [2.24, 2.45) is 0 Å². The van der Waals surface area contributed by atoms with Crippen LogP contribution in [0.2, 0.25) is 0 Å². The van der Waals surface area contributed by atoms with Gasteiger partial charge in [-0.3, -0.25) is 0 Å². The average molecular weight is 144 g/mol. The molecular formula is C8H20N2. The van der Waals surface area contributed by atoms with Crippen LogP contribution in [-0.4, -0.2) is 38.1 Å². The zero-order valence-corrected chi connectivity index (χ0v) is 7.86. The van der Waals surface area contributed by atoms with Gasteiger partial charge in [0.05, 0.1) is 0 Å². The number of rotatable bonds is 4. The Kier molecular flexibility index (Phi) is 3.91. The summed E-state index contributed by atoms with van der Waals surface area (Å²) in [6, 6.07) is 0. The molecule has 1 N–H and O–H groups in total. The van der Waals surface area contributed by atoms with Crippen LogP contribution in [-0.2, 0) is 0 Å². The zero-order chi connectivity index (χ0) is 8.20. The monoisotopic (exact) mass is 144 g/mol. The third-order valence-electron chi connectivity index (χ3n) is 2.40. The molecule has 62 valence electrons. The van der Waals surface area contributed by atoms with Crippen molar-refractivity contribution < 1.29 is 0 Å². The highest BCUT2D eigenvalue weighted by molar-refractivity contribution is 4.82. The highest BCUT2D eigenvalue weighted by Crippen LogP contribution is 2.13. The minimum atomic E-state index is 0.314. The molecule has 0 saturated carbocycles. The van der Waals surface area contributed by atoms with Crippen LogP contribution in [0.15, 0.2) is 0 Å². The summed E-state index contributed by atoms with van der Waals surface area (Å²) in [7, 11) is 6.25. The van der Waals surface area contributed by atoms with E-state index >= 15 is 0 Å². The Morgan fingerprint density at radius 1 is 1.40 bits per heavy atom. The van der Waals surface area contributed by atoms with Crippen LogP contribution in [0.1, 0.15) is 20.3 Å². The Balaban J connectivity index is 3.94. The van der Waals surface area contributed by atoms with Crippen LogP contribution in [0.4, 0.5) is 0 Å². The summed E-state index contributed by atoms with van der Waals surface area (Å²) in [6.07, 6.45) is 1.18. The highest BCUT2D eigenvalue weighted by atomic mass is 15.2. The normalized spacial score (nSPS) is 17.4. The molecule has 0 aromatic heterocycles. The number of hydrogen-bond acceptors (Lipinski definition) is 2. The standard InChI is InChI=1S/C8H20N2/c1-6-8(2,7-9-3)10(4)5/h9H,6-7H2,1-5H3. The van der Waals surface area contributed by atoms with Gasteiger partial charge in [0.25, 0.3) is 0 Å². The van der Waals surface area contributed by atoms with Crippen LogP contribution >= 0.6 is 0 Å². The molecule has 0 aromatic carbocycles. The summed E-state index contributed by atoms with van der Waals surface area (Å²) in [5.41, 5.74) is 0.314. The first-order valence-electron chi connectivity index (χ1n) is 3.89. The summed E-state index contributed by atoms with van der Waals surface area (Å²) in [6.45, 7) is 5.54. The first-order chi connectivity index (χ1) is 4.56. The maximum absolute atomic E-state index is 3.20. The molecule has 0 rings (SSSR count). The van der Waals surface area contributed by atoms with Gasteiger partial charge in [-0.1, -0.05) is 6.92 Å². The molecule has 0 aromatic rings. The van der Waals surface area contributed by atoms with Crippen LogP contribution < -0.4 is 5.32 Å². The van der Waals surface area contributed by atoms with E-state index in [-0.39, 0.29) is 0 Å². The van der Waals surface area contributed by atoms with Gasteiger partial charge >= 0.3 is 0 Å². The third kappa shape index (κ3) is 2.27. The summed E-state index contributed by atoms with van der Waals surface area (Å²) in [4.78, 5) is 2.27. The maximum atomic E-state index is 3.20. The fourth-order valence-corrected chi connectivity index (χ4v) is 0.980. The minimum absolute atomic E-state index is 0.314. The predicted octanol–water partition coefficient (Wildman–Crippen LogP) is 0.936. The predicted molar refractivity (Wildman–Crippen MR) is 46.3 cm³/mol. The second kappa shape index (κ2) is 3.94. The van der Waals surface area contributed by atoms with Gasteiger partial charge in [-0.05, 0) is 34.5 Å². The highest BCUT2D eigenvalue weighted by Gasteiger charge is 2.22. The van der Waals surface area contributed by atoms with Crippen molar-refractivity contribution in [2.45, 2.75) is 25.8 Å².